The van der Waals surface area contributed by atoms with Crippen LogP contribution in [0, 0.1) is 5.92 Å². The molecular weight excluding hydrogens is 314 g/mol. The Morgan fingerprint density at radius 2 is 1.96 bits per heavy atom. The lowest BCUT2D eigenvalue weighted by atomic mass is 9.88. The van der Waals surface area contributed by atoms with Crippen LogP contribution in [0.1, 0.15) is 34.6 Å². The molecule has 0 aliphatic carbocycles. The maximum absolute atomic E-state index is 12.7. The average molecular weight is 343 g/mol. The summed E-state index contributed by atoms with van der Waals surface area (Å²) in [6.07, 6.45) is -1.70. The second-order valence-electron chi connectivity index (χ2n) is 7.70. The van der Waals surface area contributed by atoms with Crippen molar-refractivity contribution in [2.45, 2.75) is 71.2 Å². The standard InChI is InChI=1S/C16H29NO5Si/c1-8-19-15-14-12(10(2)17-22-14)13(18)11(21-15)9-20-23(6,7)16(3,4)5/h11-12,14-15H,8-9H2,1-7H3/t11-,12+,14+,15+/m1/s1. The Labute approximate surface area is 139 Å². The van der Waals surface area contributed by atoms with Crippen molar-refractivity contribution in [2.24, 2.45) is 11.1 Å². The predicted molar refractivity (Wildman–Crippen MR) is 89.9 cm³/mol. The number of carbonyl (C=O) groups is 1. The molecule has 2 heterocycles. The fraction of sp³-hybridized carbons (Fsp3) is 0.875. The number of Topliss-reactive ketones (excluding diaryl/α,β-unsaturated/α-hetero) is 1. The molecule has 0 spiro atoms. The molecule has 0 bridgehead atoms. The van der Waals surface area contributed by atoms with E-state index >= 15 is 0 Å². The van der Waals surface area contributed by atoms with E-state index in [1.807, 2.05) is 13.8 Å². The lowest BCUT2D eigenvalue weighted by molar-refractivity contribution is -0.245. The molecule has 2 aliphatic rings. The molecule has 0 aromatic carbocycles. The summed E-state index contributed by atoms with van der Waals surface area (Å²) in [5.74, 6) is -0.420. The number of oxime groups is 1. The van der Waals surface area contributed by atoms with Gasteiger partial charge in [0.1, 0.15) is 12.0 Å². The van der Waals surface area contributed by atoms with Crippen LogP contribution in [-0.2, 0) is 23.5 Å². The van der Waals surface area contributed by atoms with E-state index in [0.29, 0.717) is 12.3 Å². The Hall–Kier alpha value is -0.763. The Bertz CT molecular complexity index is 485. The molecule has 0 amide bonds. The van der Waals surface area contributed by atoms with Crippen molar-refractivity contribution in [3.05, 3.63) is 0 Å². The number of carbonyl (C=O) groups excluding carboxylic acids is 1. The summed E-state index contributed by atoms with van der Waals surface area (Å²) < 4.78 is 17.6. The highest BCUT2D eigenvalue weighted by Crippen LogP contribution is 2.37. The highest BCUT2D eigenvalue weighted by atomic mass is 28.4. The van der Waals surface area contributed by atoms with Gasteiger partial charge in [-0.2, -0.15) is 0 Å². The second kappa shape index (κ2) is 6.62. The number of fused-ring (bicyclic) bond motifs is 1. The number of ketones is 1. The number of hydrogen-bond donors (Lipinski definition) is 0. The molecule has 2 rings (SSSR count). The molecular formula is C16H29NO5Si. The van der Waals surface area contributed by atoms with E-state index in [1.54, 1.807) is 0 Å². The molecule has 0 N–H and O–H groups in total. The smallest absolute Gasteiger partial charge is 0.199 e. The van der Waals surface area contributed by atoms with Gasteiger partial charge in [0.15, 0.2) is 26.5 Å². The summed E-state index contributed by atoms with van der Waals surface area (Å²) in [7, 11) is -1.94. The summed E-state index contributed by atoms with van der Waals surface area (Å²) in [5, 5.41) is 4.03. The zero-order valence-corrected chi connectivity index (χ0v) is 16.2. The third kappa shape index (κ3) is 3.68. The Morgan fingerprint density at radius 3 is 2.52 bits per heavy atom. The molecule has 0 unspecified atom stereocenters. The fourth-order valence-electron chi connectivity index (χ4n) is 2.50. The molecule has 132 valence electrons. The van der Waals surface area contributed by atoms with Crippen LogP contribution in [0.25, 0.3) is 0 Å². The van der Waals surface area contributed by atoms with Gasteiger partial charge in [0.05, 0.1) is 12.3 Å². The van der Waals surface area contributed by atoms with Gasteiger partial charge in [0, 0.05) is 6.61 Å². The van der Waals surface area contributed by atoms with Crippen molar-refractivity contribution in [1.82, 2.24) is 0 Å². The Balaban J connectivity index is 2.09. The van der Waals surface area contributed by atoms with Crippen LogP contribution < -0.4 is 0 Å². The van der Waals surface area contributed by atoms with Gasteiger partial charge in [0.25, 0.3) is 0 Å². The van der Waals surface area contributed by atoms with Crippen LogP contribution >= 0.6 is 0 Å². The highest BCUT2D eigenvalue weighted by molar-refractivity contribution is 6.74. The minimum atomic E-state index is -1.94. The van der Waals surface area contributed by atoms with Crippen LogP contribution in [0.4, 0.5) is 0 Å². The molecule has 1 fully saturated rings. The zero-order chi connectivity index (χ0) is 17.4. The van der Waals surface area contributed by atoms with Crippen molar-refractivity contribution >= 4 is 19.8 Å². The Morgan fingerprint density at radius 1 is 1.30 bits per heavy atom. The Kier molecular flexibility index (Phi) is 5.35. The van der Waals surface area contributed by atoms with Crippen molar-refractivity contribution in [2.75, 3.05) is 13.2 Å². The van der Waals surface area contributed by atoms with E-state index in [9.17, 15) is 4.79 Å². The largest absolute Gasteiger partial charge is 0.414 e. The van der Waals surface area contributed by atoms with E-state index in [4.69, 9.17) is 18.7 Å². The van der Waals surface area contributed by atoms with Gasteiger partial charge < -0.3 is 18.7 Å². The zero-order valence-electron chi connectivity index (χ0n) is 15.2. The molecule has 7 heteroatoms. The second-order valence-corrected chi connectivity index (χ2v) is 12.5. The van der Waals surface area contributed by atoms with Gasteiger partial charge in [-0.1, -0.05) is 25.9 Å². The van der Waals surface area contributed by atoms with Crippen LogP contribution in [0.2, 0.25) is 18.1 Å². The summed E-state index contributed by atoms with van der Waals surface area (Å²) in [6, 6.07) is 0. The number of nitrogens with zero attached hydrogens (tertiary/aromatic N) is 1. The first-order valence-corrected chi connectivity index (χ1v) is 11.1. The maximum Gasteiger partial charge on any atom is 0.199 e. The fourth-order valence-corrected chi connectivity index (χ4v) is 3.50. The number of rotatable bonds is 5. The molecule has 2 aliphatic heterocycles. The van der Waals surface area contributed by atoms with E-state index in [1.165, 1.54) is 0 Å². The molecule has 1 saturated heterocycles. The first kappa shape index (κ1) is 18.6. The molecule has 0 saturated carbocycles. The van der Waals surface area contributed by atoms with Gasteiger partial charge in [-0.3, -0.25) is 4.79 Å². The summed E-state index contributed by atoms with van der Waals surface area (Å²) in [6.45, 7) is 15.3. The first-order chi connectivity index (χ1) is 10.6. The van der Waals surface area contributed by atoms with E-state index in [-0.39, 0.29) is 17.4 Å². The van der Waals surface area contributed by atoms with Crippen LogP contribution in [0.5, 0.6) is 0 Å². The molecule has 23 heavy (non-hydrogen) atoms. The molecule has 0 aromatic rings. The summed E-state index contributed by atoms with van der Waals surface area (Å²) in [5.41, 5.74) is 0.685. The van der Waals surface area contributed by atoms with Gasteiger partial charge in [0.2, 0.25) is 0 Å². The summed E-state index contributed by atoms with van der Waals surface area (Å²) in [4.78, 5) is 18.1. The third-order valence-electron chi connectivity index (χ3n) is 5.02. The monoisotopic (exact) mass is 343 g/mol. The van der Waals surface area contributed by atoms with Crippen molar-refractivity contribution < 1.29 is 23.5 Å². The normalized spacial score (nSPS) is 31.6. The van der Waals surface area contributed by atoms with Crippen molar-refractivity contribution in [1.29, 1.82) is 0 Å². The topological polar surface area (TPSA) is 66.4 Å². The van der Waals surface area contributed by atoms with E-state index < -0.39 is 32.7 Å². The lowest BCUT2D eigenvalue weighted by Crippen LogP contribution is -2.55. The lowest BCUT2D eigenvalue weighted by Gasteiger charge is -2.39. The van der Waals surface area contributed by atoms with E-state index in [2.05, 4.69) is 39.0 Å². The van der Waals surface area contributed by atoms with Crippen LogP contribution in [-0.4, -0.2) is 51.5 Å². The van der Waals surface area contributed by atoms with Gasteiger partial charge in [-0.05, 0) is 32.0 Å². The average Bonchev–Trinajstić information content (AvgIpc) is 2.82. The minimum absolute atomic E-state index is 0.0246. The minimum Gasteiger partial charge on any atom is -0.414 e. The quantitative estimate of drug-likeness (QED) is 0.718. The third-order valence-corrected chi connectivity index (χ3v) is 9.52. The van der Waals surface area contributed by atoms with Gasteiger partial charge in [-0.25, -0.2) is 0 Å². The van der Waals surface area contributed by atoms with Gasteiger partial charge in [-0.15, -0.1) is 0 Å². The molecule has 4 atom stereocenters. The molecule has 0 aromatic heterocycles. The first-order valence-electron chi connectivity index (χ1n) is 8.23. The number of ether oxygens (including phenoxy) is 2. The van der Waals surface area contributed by atoms with Gasteiger partial charge >= 0.3 is 0 Å². The van der Waals surface area contributed by atoms with E-state index in [0.717, 1.165) is 0 Å². The SMILES string of the molecule is CCO[C@H]1O[C@H](CO[Si](C)(C)C(C)(C)C)C(=O)[C@@H]2C(C)=NO[C@H]12. The molecule has 0 radical (unpaired) electrons. The van der Waals surface area contributed by atoms with Crippen LogP contribution in [0.3, 0.4) is 0 Å². The van der Waals surface area contributed by atoms with Crippen molar-refractivity contribution in [3.63, 3.8) is 0 Å². The maximum atomic E-state index is 12.7. The highest BCUT2D eigenvalue weighted by Gasteiger charge is 2.52. The van der Waals surface area contributed by atoms with Crippen molar-refractivity contribution in [3.8, 4) is 0 Å². The molecule has 6 nitrogen and oxygen atoms in total. The number of hydrogen-bond acceptors (Lipinski definition) is 6. The van der Waals surface area contributed by atoms with Crippen LogP contribution in [0.15, 0.2) is 5.16 Å². The summed E-state index contributed by atoms with van der Waals surface area (Å²) >= 11 is 0. The predicted octanol–water partition coefficient (Wildman–Crippen LogP) is 2.73.